The molecule has 0 bridgehead atoms. The SMILES string of the molecule is CNS(=O)(=O)c1ccc2c(c1)N(C(=O)/C=C\c1cccnc1)CC2. The first-order chi connectivity index (χ1) is 11.5. The maximum atomic E-state index is 12.5. The number of sulfonamides is 1. The predicted molar refractivity (Wildman–Crippen MR) is 92.0 cm³/mol. The minimum atomic E-state index is -3.54. The largest absolute Gasteiger partial charge is 0.308 e. The summed E-state index contributed by atoms with van der Waals surface area (Å²) in [6.07, 6.45) is 7.22. The number of hydrogen-bond acceptors (Lipinski definition) is 4. The first-order valence-electron chi connectivity index (χ1n) is 7.47. The summed E-state index contributed by atoms with van der Waals surface area (Å²) in [7, 11) is -2.18. The van der Waals surface area contributed by atoms with Gasteiger partial charge in [-0.1, -0.05) is 12.1 Å². The zero-order valence-corrected chi connectivity index (χ0v) is 14.0. The third-order valence-corrected chi connectivity index (χ3v) is 5.31. The summed E-state index contributed by atoms with van der Waals surface area (Å²) in [6.45, 7) is 0.536. The number of carbonyl (C=O) groups excluding carboxylic acids is 1. The van der Waals surface area contributed by atoms with E-state index in [0.717, 1.165) is 11.1 Å². The van der Waals surface area contributed by atoms with Crippen LogP contribution in [0.15, 0.2) is 53.7 Å². The zero-order valence-electron chi connectivity index (χ0n) is 13.1. The lowest BCUT2D eigenvalue weighted by molar-refractivity contribution is -0.114. The van der Waals surface area contributed by atoms with Crippen molar-refractivity contribution in [3.05, 3.63) is 59.9 Å². The molecule has 124 valence electrons. The highest BCUT2D eigenvalue weighted by molar-refractivity contribution is 7.89. The number of benzene rings is 1. The van der Waals surface area contributed by atoms with Crippen molar-refractivity contribution in [3.8, 4) is 0 Å². The number of fused-ring (bicyclic) bond motifs is 1. The van der Waals surface area contributed by atoms with Gasteiger partial charge in [-0.15, -0.1) is 0 Å². The van der Waals surface area contributed by atoms with Crippen molar-refractivity contribution >= 4 is 27.7 Å². The van der Waals surface area contributed by atoms with Crippen molar-refractivity contribution in [1.29, 1.82) is 0 Å². The average Bonchev–Trinajstić information content (AvgIpc) is 3.04. The Kier molecular flexibility index (Phi) is 4.46. The van der Waals surface area contributed by atoms with E-state index in [0.29, 0.717) is 18.7 Å². The molecule has 24 heavy (non-hydrogen) atoms. The molecule has 2 heterocycles. The number of anilines is 1. The Hall–Kier alpha value is -2.51. The van der Waals surface area contributed by atoms with E-state index in [9.17, 15) is 13.2 Å². The Bertz CT molecular complexity index is 893. The van der Waals surface area contributed by atoms with E-state index in [1.807, 2.05) is 6.07 Å². The molecular formula is C17H17N3O3S. The van der Waals surface area contributed by atoms with Gasteiger partial charge in [-0.25, -0.2) is 13.1 Å². The van der Waals surface area contributed by atoms with Crippen molar-refractivity contribution in [2.75, 3.05) is 18.5 Å². The van der Waals surface area contributed by atoms with Crippen molar-refractivity contribution < 1.29 is 13.2 Å². The van der Waals surface area contributed by atoms with E-state index < -0.39 is 10.0 Å². The van der Waals surface area contributed by atoms with E-state index in [2.05, 4.69) is 9.71 Å². The van der Waals surface area contributed by atoms with Gasteiger partial charge in [0.05, 0.1) is 4.90 Å². The normalized spacial score (nSPS) is 14.1. The molecular weight excluding hydrogens is 326 g/mol. The third-order valence-electron chi connectivity index (χ3n) is 3.90. The Morgan fingerprint density at radius 2 is 2.17 bits per heavy atom. The van der Waals surface area contributed by atoms with Gasteiger partial charge in [0.25, 0.3) is 5.91 Å². The minimum Gasteiger partial charge on any atom is -0.308 e. The van der Waals surface area contributed by atoms with Crippen LogP contribution in [0.1, 0.15) is 11.1 Å². The van der Waals surface area contributed by atoms with Crippen molar-refractivity contribution in [2.45, 2.75) is 11.3 Å². The van der Waals surface area contributed by atoms with Crippen molar-refractivity contribution in [2.24, 2.45) is 0 Å². The van der Waals surface area contributed by atoms with Gasteiger partial charge in [-0.3, -0.25) is 9.78 Å². The van der Waals surface area contributed by atoms with Crippen LogP contribution in [0, 0.1) is 0 Å². The summed E-state index contributed by atoms with van der Waals surface area (Å²) in [6, 6.07) is 8.52. The number of rotatable bonds is 4. The number of aromatic nitrogens is 1. The molecule has 1 amide bonds. The molecule has 3 rings (SSSR count). The summed E-state index contributed by atoms with van der Waals surface area (Å²) in [5.41, 5.74) is 2.44. The second-order valence-electron chi connectivity index (χ2n) is 5.36. The van der Waals surface area contributed by atoms with Crippen LogP contribution in [-0.2, 0) is 21.2 Å². The fraction of sp³-hybridized carbons (Fsp3) is 0.176. The molecule has 0 unspecified atom stereocenters. The third kappa shape index (κ3) is 3.22. The van der Waals surface area contributed by atoms with Crippen LogP contribution in [-0.4, -0.2) is 32.9 Å². The highest BCUT2D eigenvalue weighted by atomic mass is 32.2. The van der Waals surface area contributed by atoms with Gasteiger partial charge >= 0.3 is 0 Å². The minimum absolute atomic E-state index is 0.152. The molecule has 0 saturated heterocycles. The van der Waals surface area contributed by atoms with E-state index in [1.165, 1.54) is 13.1 Å². The van der Waals surface area contributed by atoms with Gasteiger partial charge in [0.15, 0.2) is 0 Å². The van der Waals surface area contributed by atoms with Crippen LogP contribution in [0.2, 0.25) is 0 Å². The highest BCUT2D eigenvalue weighted by Crippen LogP contribution is 2.30. The van der Waals surface area contributed by atoms with Gasteiger partial charge < -0.3 is 4.90 Å². The van der Waals surface area contributed by atoms with Crippen LogP contribution in [0.4, 0.5) is 5.69 Å². The molecule has 1 aromatic carbocycles. The number of nitrogens with zero attached hydrogens (tertiary/aromatic N) is 2. The molecule has 1 aromatic heterocycles. The van der Waals surface area contributed by atoms with E-state index in [4.69, 9.17) is 0 Å². The Balaban J connectivity index is 1.87. The number of hydrogen-bond donors (Lipinski definition) is 1. The number of pyridine rings is 1. The lowest BCUT2D eigenvalue weighted by Gasteiger charge is -2.16. The average molecular weight is 343 g/mol. The molecule has 0 fully saturated rings. The molecule has 0 saturated carbocycles. The predicted octanol–water partition coefficient (Wildman–Crippen LogP) is 1.59. The maximum absolute atomic E-state index is 12.5. The molecule has 0 atom stereocenters. The van der Waals surface area contributed by atoms with Crippen molar-refractivity contribution in [3.63, 3.8) is 0 Å². The standard InChI is InChI=1S/C17H17N3O3S/c1-18-24(22,23)15-6-5-14-8-10-20(16(14)11-15)17(21)7-4-13-3-2-9-19-12-13/h2-7,9,11-12,18H,8,10H2,1H3/b7-4-. The molecule has 6 nitrogen and oxygen atoms in total. The number of nitrogens with one attached hydrogen (secondary N) is 1. The summed E-state index contributed by atoms with van der Waals surface area (Å²) in [5.74, 6) is -0.184. The summed E-state index contributed by atoms with van der Waals surface area (Å²) < 4.78 is 26.2. The second kappa shape index (κ2) is 6.54. The Morgan fingerprint density at radius 1 is 1.33 bits per heavy atom. The number of carbonyl (C=O) groups is 1. The van der Waals surface area contributed by atoms with Crippen LogP contribution in [0.5, 0.6) is 0 Å². The number of amides is 1. The molecule has 0 radical (unpaired) electrons. The summed E-state index contributed by atoms with van der Waals surface area (Å²) in [4.78, 5) is 18.2. The molecule has 1 aliphatic rings. The lowest BCUT2D eigenvalue weighted by Crippen LogP contribution is -2.27. The van der Waals surface area contributed by atoms with Gasteiger partial charge in [0.2, 0.25) is 10.0 Å². The van der Waals surface area contributed by atoms with Gasteiger partial charge in [0, 0.05) is 30.7 Å². The summed E-state index contributed by atoms with van der Waals surface area (Å²) >= 11 is 0. The first-order valence-corrected chi connectivity index (χ1v) is 8.95. The lowest BCUT2D eigenvalue weighted by atomic mass is 10.2. The first kappa shape index (κ1) is 16.4. The topological polar surface area (TPSA) is 79.4 Å². The van der Waals surface area contributed by atoms with Gasteiger partial charge in [0.1, 0.15) is 0 Å². The maximum Gasteiger partial charge on any atom is 0.251 e. The molecule has 2 aromatic rings. The monoisotopic (exact) mass is 343 g/mol. The van der Waals surface area contributed by atoms with Crippen LogP contribution < -0.4 is 9.62 Å². The Morgan fingerprint density at radius 3 is 2.88 bits per heavy atom. The molecule has 1 aliphatic heterocycles. The molecule has 7 heteroatoms. The fourth-order valence-corrected chi connectivity index (χ4v) is 3.35. The Labute approximate surface area is 140 Å². The van der Waals surface area contributed by atoms with E-state index in [-0.39, 0.29) is 10.8 Å². The zero-order chi connectivity index (χ0) is 17.2. The summed E-state index contributed by atoms with van der Waals surface area (Å²) in [5, 5.41) is 0. The quantitative estimate of drug-likeness (QED) is 0.855. The van der Waals surface area contributed by atoms with Crippen molar-refractivity contribution in [1.82, 2.24) is 9.71 Å². The fourth-order valence-electron chi connectivity index (χ4n) is 2.60. The molecule has 0 aliphatic carbocycles. The smallest absolute Gasteiger partial charge is 0.251 e. The second-order valence-corrected chi connectivity index (χ2v) is 7.24. The molecule has 1 N–H and O–H groups in total. The van der Waals surface area contributed by atoms with Crippen LogP contribution in [0.3, 0.4) is 0 Å². The highest BCUT2D eigenvalue weighted by Gasteiger charge is 2.25. The van der Waals surface area contributed by atoms with Crippen LogP contribution >= 0.6 is 0 Å². The molecule has 0 spiro atoms. The van der Waals surface area contributed by atoms with E-state index in [1.54, 1.807) is 47.6 Å². The van der Waals surface area contributed by atoms with Gasteiger partial charge in [-0.2, -0.15) is 0 Å². The van der Waals surface area contributed by atoms with Gasteiger partial charge in [-0.05, 0) is 48.9 Å². The van der Waals surface area contributed by atoms with Crippen LogP contribution in [0.25, 0.3) is 6.08 Å². The van der Waals surface area contributed by atoms with E-state index >= 15 is 0 Å².